The number of amides is 1. The zero-order chi connectivity index (χ0) is 27.7. The van der Waals surface area contributed by atoms with E-state index < -0.39 is 16.4 Å². The Balaban J connectivity index is 1.53. The maximum atomic E-state index is 12.8. The van der Waals surface area contributed by atoms with Gasteiger partial charge in [0.15, 0.2) is 10.8 Å². The monoisotopic (exact) mass is 543 g/mol. The third-order valence-electron chi connectivity index (χ3n) is 6.37. The molecule has 39 heavy (non-hydrogen) atoms. The van der Waals surface area contributed by atoms with Crippen LogP contribution >= 0.6 is 11.8 Å². The molecule has 2 aromatic carbocycles. The summed E-state index contributed by atoms with van der Waals surface area (Å²) in [6.07, 6.45) is 0.526. The second-order valence-corrected chi connectivity index (χ2v) is 10.7. The zero-order valence-corrected chi connectivity index (χ0v) is 22.3. The van der Waals surface area contributed by atoms with Crippen molar-refractivity contribution in [3.8, 4) is 6.07 Å². The maximum absolute atomic E-state index is 12.8. The fraction of sp³-hybridized carbons (Fsp3) is 0.259. The highest BCUT2D eigenvalue weighted by Gasteiger charge is 2.33. The normalized spacial score (nSPS) is 13.9. The average Bonchev–Trinajstić information content (AvgIpc) is 3.32. The smallest absolute Gasteiger partial charge is 0.292 e. The molecule has 0 spiro atoms. The van der Waals surface area contributed by atoms with Crippen molar-refractivity contribution in [2.75, 3.05) is 16.4 Å². The number of hydrogen-bond acceptors (Lipinski definition) is 9. The summed E-state index contributed by atoms with van der Waals surface area (Å²) < 4.78 is 7.78. The van der Waals surface area contributed by atoms with Crippen LogP contribution in [-0.4, -0.2) is 36.8 Å². The standard InChI is InChI=1S/C27H25N7O4S/c1-16-8-10-17(11-9-16)29-24-19(13-28)18-12-27(2,3)38-14-20(18)25-31-32-26(33(24)25)39-15-23(35)30-21-6-4-5-7-22(21)34(36)37/h4-11,29H,12,14-15H2,1-3H3,(H,30,35). The molecule has 12 heteroatoms. The topological polar surface area (TPSA) is 147 Å². The lowest BCUT2D eigenvalue weighted by Crippen LogP contribution is -2.33. The van der Waals surface area contributed by atoms with Gasteiger partial charge in [0.05, 0.1) is 28.4 Å². The van der Waals surface area contributed by atoms with Crippen LogP contribution in [0.3, 0.4) is 0 Å². The van der Waals surface area contributed by atoms with Crippen molar-refractivity contribution >= 4 is 46.2 Å². The van der Waals surface area contributed by atoms with E-state index in [1.165, 1.54) is 18.2 Å². The van der Waals surface area contributed by atoms with E-state index in [1.54, 1.807) is 10.5 Å². The van der Waals surface area contributed by atoms with Gasteiger partial charge in [0, 0.05) is 23.7 Å². The van der Waals surface area contributed by atoms with Gasteiger partial charge in [0.2, 0.25) is 5.91 Å². The van der Waals surface area contributed by atoms with E-state index in [9.17, 15) is 20.2 Å². The number of thioether (sulfide) groups is 1. The minimum absolute atomic E-state index is 0.0840. The molecule has 0 bridgehead atoms. The molecule has 1 aliphatic heterocycles. The van der Waals surface area contributed by atoms with Gasteiger partial charge in [0.1, 0.15) is 17.6 Å². The maximum Gasteiger partial charge on any atom is 0.292 e. The largest absolute Gasteiger partial charge is 0.370 e. The number of para-hydroxylation sites is 2. The van der Waals surface area contributed by atoms with Crippen LogP contribution in [0.4, 0.5) is 22.9 Å². The van der Waals surface area contributed by atoms with Gasteiger partial charge >= 0.3 is 0 Å². The third kappa shape index (κ3) is 5.27. The molecule has 2 N–H and O–H groups in total. The molecule has 198 valence electrons. The summed E-state index contributed by atoms with van der Waals surface area (Å²) in [6, 6.07) is 16.1. The average molecular weight is 544 g/mol. The molecule has 1 amide bonds. The molecule has 1 aliphatic rings. The molecule has 0 saturated heterocycles. The van der Waals surface area contributed by atoms with Crippen molar-refractivity contribution in [2.45, 2.75) is 44.6 Å². The van der Waals surface area contributed by atoms with Crippen LogP contribution in [0.25, 0.3) is 5.65 Å². The van der Waals surface area contributed by atoms with E-state index in [1.807, 2.05) is 45.0 Å². The minimum atomic E-state index is -0.548. The number of carbonyl (C=O) groups excluding carboxylic acids is 1. The van der Waals surface area contributed by atoms with Gasteiger partial charge in [-0.1, -0.05) is 41.6 Å². The fourth-order valence-electron chi connectivity index (χ4n) is 4.46. The van der Waals surface area contributed by atoms with E-state index in [-0.39, 0.29) is 23.7 Å². The van der Waals surface area contributed by atoms with Crippen LogP contribution in [0.15, 0.2) is 53.7 Å². The van der Waals surface area contributed by atoms with Crippen molar-refractivity contribution in [1.29, 1.82) is 5.26 Å². The Kier molecular flexibility index (Phi) is 6.94. The van der Waals surface area contributed by atoms with Gasteiger partial charge in [-0.3, -0.25) is 19.3 Å². The van der Waals surface area contributed by atoms with E-state index >= 15 is 0 Å². The second-order valence-electron chi connectivity index (χ2n) is 9.76. The van der Waals surface area contributed by atoms with Crippen LogP contribution in [0.5, 0.6) is 0 Å². The highest BCUT2D eigenvalue weighted by Crippen LogP contribution is 2.38. The summed E-state index contributed by atoms with van der Waals surface area (Å²) >= 11 is 1.11. The zero-order valence-electron chi connectivity index (χ0n) is 21.5. The van der Waals surface area contributed by atoms with Crippen LogP contribution in [-0.2, 0) is 22.6 Å². The lowest BCUT2D eigenvalue weighted by Gasteiger charge is -2.33. The molecule has 11 nitrogen and oxygen atoms in total. The number of rotatable bonds is 7. The summed E-state index contributed by atoms with van der Waals surface area (Å²) in [4.78, 5) is 23.5. The predicted molar refractivity (Wildman–Crippen MR) is 147 cm³/mol. The summed E-state index contributed by atoms with van der Waals surface area (Å²) in [6.45, 7) is 6.23. The Bertz CT molecular complexity index is 1640. The van der Waals surface area contributed by atoms with Crippen molar-refractivity contribution in [2.24, 2.45) is 0 Å². The number of nitrogens with zero attached hydrogens (tertiary/aromatic N) is 5. The first-order valence-corrected chi connectivity index (χ1v) is 13.1. The molecule has 2 aromatic heterocycles. The van der Waals surface area contributed by atoms with Gasteiger partial charge in [-0.2, -0.15) is 5.26 Å². The van der Waals surface area contributed by atoms with Crippen LogP contribution in [0.1, 0.15) is 36.1 Å². The van der Waals surface area contributed by atoms with Gasteiger partial charge in [-0.05, 0) is 44.5 Å². The fourth-order valence-corrected chi connectivity index (χ4v) is 5.20. The van der Waals surface area contributed by atoms with E-state index in [2.05, 4.69) is 26.9 Å². The molecule has 0 aliphatic carbocycles. The number of aryl methyl sites for hydroxylation is 1. The van der Waals surface area contributed by atoms with Crippen molar-refractivity contribution in [3.05, 3.63) is 80.9 Å². The number of hydrogen-bond donors (Lipinski definition) is 2. The van der Waals surface area contributed by atoms with E-state index in [0.717, 1.165) is 34.1 Å². The quantitative estimate of drug-likeness (QED) is 0.184. The number of nitro benzene ring substituents is 1. The molecule has 0 radical (unpaired) electrons. The van der Waals surface area contributed by atoms with Crippen LogP contribution in [0, 0.1) is 28.4 Å². The predicted octanol–water partition coefficient (Wildman–Crippen LogP) is 5.14. The number of ether oxygens (including phenoxy) is 1. The number of anilines is 3. The Morgan fingerprint density at radius 1 is 1.21 bits per heavy atom. The minimum Gasteiger partial charge on any atom is -0.370 e. The first kappa shape index (κ1) is 26.1. The lowest BCUT2D eigenvalue weighted by atomic mass is 9.89. The summed E-state index contributed by atoms with van der Waals surface area (Å²) in [7, 11) is 0. The Morgan fingerprint density at radius 3 is 2.67 bits per heavy atom. The van der Waals surface area contributed by atoms with Crippen molar-refractivity contribution in [3.63, 3.8) is 0 Å². The molecular formula is C27H25N7O4S. The molecule has 0 saturated carbocycles. The number of aromatic nitrogens is 3. The van der Waals surface area contributed by atoms with E-state index in [0.29, 0.717) is 28.6 Å². The number of benzene rings is 2. The van der Waals surface area contributed by atoms with Crippen molar-refractivity contribution < 1.29 is 14.5 Å². The molecule has 0 atom stereocenters. The number of pyridine rings is 1. The molecule has 3 heterocycles. The first-order valence-electron chi connectivity index (χ1n) is 12.1. The Morgan fingerprint density at radius 2 is 1.95 bits per heavy atom. The third-order valence-corrected chi connectivity index (χ3v) is 7.30. The molecule has 0 unspecified atom stereocenters. The summed E-state index contributed by atoms with van der Waals surface area (Å²) in [5.74, 6) is -0.0266. The number of nitrogens with one attached hydrogen (secondary N) is 2. The van der Waals surface area contributed by atoms with Gasteiger partial charge in [-0.25, -0.2) is 0 Å². The number of carbonyl (C=O) groups is 1. The number of nitro groups is 1. The summed E-state index contributed by atoms with van der Waals surface area (Å²) in [5, 5.41) is 36.7. The molecular weight excluding hydrogens is 518 g/mol. The van der Waals surface area contributed by atoms with Crippen molar-refractivity contribution in [1.82, 2.24) is 14.6 Å². The van der Waals surface area contributed by atoms with Gasteiger partial charge in [-0.15, -0.1) is 10.2 Å². The lowest BCUT2D eigenvalue weighted by molar-refractivity contribution is -0.383. The molecule has 0 fully saturated rings. The molecule has 5 rings (SSSR count). The first-order chi connectivity index (χ1) is 18.7. The highest BCUT2D eigenvalue weighted by atomic mass is 32.2. The van der Waals surface area contributed by atoms with Crippen LogP contribution < -0.4 is 10.6 Å². The van der Waals surface area contributed by atoms with Gasteiger partial charge < -0.3 is 15.4 Å². The molecule has 4 aromatic rings. The Hall–Kier alpha value is -4.47. The SMILES string of the molecule is Cc1ccc(Nc2c(C#N)c3c(c4nnc(SCC(=O)Nc5ccccc5[N+](=O)[O-])n24)COC(C)(C)C3)cc1. The Labute approximate surface area is 228 Å². The van der Waals surface area contributed by atoms with Crippen LogP contribution in [0.2, 0.25) is 0 Å². The number of fused-ring (bicyclic) bond motifs is 3. The highest BCUT2D eigenvalue weighted by molar-refractivity contribution is 7.99. The van der Waals surface area contributed by atoms with Gasteiger partial charge in [0.25, 0.3) is 5.69 Å². The summed E-state index contributed by atoms with van der Waals surface area (Å²) in [5.41, 5.74) is 3.98. The second kappa shape index (κ2) is 10.4. The number of nitriles is 1. The van der Waals surface area contributed by atoms with E-state index in [4.69, 9.17) is 4.74 Å².